The zero-order valence-electron chi connectivity index (χ0n) is 11.1. The number of nitrogens with zero attached hydrogens (tertiary/aromatic N) is 1. The number of aromatic nitrogens is 1. The van der Waals surface area contributed by atoms with Crippen molar-refractivity contribution in [1.82, 2.24) is 9.88 Å². The summed E-state index contributed by atoms with van der Waals surface area (Å²) in [6.07, 6.45) is 3.63. The fourth-order valence-electron chi connectivity index (χ4n) is 1.87. The van der Waals surface area contributed by atoms with Crippen molar-refractivity contribution in [3.8, 4) is 0 Å². The number of carboxylic acid groups (broad SMARTS) is 1. The molecule has 1 unspecified atom stereocenters. The third-order valence-electron chi connectivity index (χ3n) is 2.74. The maximum atomic E-state index is 12.1. The number of carboxylic acids is 1. The van der Waals surface area contributed by atoms with Gasteiger partial charge in [-0.05, 0) is 18.9 Å². The molecule has 6 heteroatoms. The van der Waals surface area contributed by atoms with Crippen LogP contribution in [0.4, 0.5) is 0 Å². The highest BCUT2D eigenvalue weighted by Gasteiger charge is 2.21. The van der Waals surface area contributed by atoms with Crippen molar-refractivity contribution < 1.29 is 14.7 Å². The summed E-state index contributed by atoms with van der Waals surface area (Å²) < 4.78 is 1.74. The highest BCUT2D eigenvalue weighted by Crippen LogP contribution is 2.15. The van der Waals surface area contributed by atoms with Gasteiger partial charge in [-0.3, -0.25) is 4.79 Å². The number of aliphatic carboxylic acids is 1. The number of hydrogen-bond acceptors (Lipinski definition) is 2. The molecule has 1 aromatic heterocycles. The summed E-state index contributed by atoms with van der Waals surface area (Å²) in [6, 6.07) is 0.693. The van der Waals surface area contributed by atoms with Gasteiger partial charge >= 0.3 is 5.97 Å². The van der Waals surface area contributed by atoms with Crippen LogP contribution in [0, 0.1) is 0 Å². The Morgan fingerprint density at radius 2 is 2.11 bits per heavy atom. The molecule has 1 amide bonds. The van der Waals surface area contributed by atoms with Crippen LogP contribution >= 0.6 is 11.6 Å². The number of nitrogens with one attached hydrogen (secondary N) is 1. The van der Waals surface area contributed by atoms with Crippen LogP contribution in [-0.2, 0) is 11.3 Å². The van der Waals surface area contributed by atoms with Gasteiger partial charge in [-0.1, -0.05) is 31.9 Å². The van der Waals surface area contributed by atoms with Gasteiger partial charge in [0, 0.05) is 12.7 Å². The average Bonchev–Trinajstić information content (AvgIpc) is 2.70. The number of carbonyl (C=O) groups is 2. The second-order valence-electron chi connectivity index (χ2n) is 4.39. The number of halogens is 1. The Balaban J connectivity index is 2.84. The van der Waals surface area contributed by atoms with E-state index in [0.29, 0.717) is 30.1 Å². The maximum absolute atomic E-state index is 12.1. The van der Waals surface area contributed by atoms with Crippen LogP contribution in [0.5, 0.6) is 0 Å². The van der Waals surface area contributed by atoms with E-state index in [1.54, 1.807) is 16.8 Å². The zero-order chi connectivity index (χ0) is 14.4. The smallest absolute Gasteiger partial charge is 0.326 e. The van der Waals surface area contributed by atoms with Gasteiger partial charge in [0.2, 0.25) is 0 Å². The molecular weight excluding hydrogens is 268 g/mol. The number of aryl methyl sites for hydroxylation is 1. The summed E-state index contributed by atoms with van der Waals surface area (Å²) in [6.45, 7) is 4.53. The van der Waals surface area contributed by atoms with Crippen molar-refractivity contribution in [3.63, 3.8) is 0 Å². The Labute approximate surface area is 117 Å². The zero-order valence-corrected chi connectivity index (χ0v) is 11.9. The largest absolute Gasteiger partial charge is 0.480 e. The normalized spacial score (nSPS) is 12.2. The summed E-state index contributed by atoms with van der Waals surface area (Å²) in [4.78, 5) is 23.1. The van der Waals surface area contributed by atoms with E-state index in [4.69, 9.17) is 16.7 Å². The molecule has 2 N–H and O–H groups in total. The molecule has 0 spiro atoms. The van der Waals surface area contributed by atoms with Gasteiger partial charge in [-0.25, -0.2) is 4.79 Å². The molecule has 0 aliphatic heterocycles. The minimum Gasteiger partial charge on any atom is -0.480 e. The topological polar surface area (TPSA) is 71.3 Å². The summed E-state index contributed by atoms with van der Waals surface area (Å²) in [5, 5.41) is 12.0. The van der Waals surface area contributed by atoms with Crippen LogP contribution in [0.15, 0.2) is 12.3 Å². The lowest BCUT2D eigenvalue weighted by Gasteiger charge is -2.14. The lowest BCUT2D eigenvalue weighted by atomic mass is 10.1. The second kappa shape index (κ2) is 7.19. The molecule has 0 aliphatic carbocycles. The molecule has 0 saturated carbocycles. The summed E-state index contributed by atoms with van der Waals surface area (Å²) in [7, 11) is 0. The second-order valence-corrected chi connectivity index (χ2v) is 4.83. The third kappa shape index (κ3) is 4.28. The summed E-state index contributed by atoms with van der Waals surface area (Å²) in [5.41, 5.74) is 0.397. The molecule has 5 nitrogen and oxygen atoms in total. The van der Waals surface area contributed by atoms with E-state index >= 15 is 0 Å². The van der Waals surface area contributed by atoms with Gasteiger partial charge in [0.05, 0.1) is 5.02 Å². The molecule has 0 fully saturated rings. The molecule has 0 saturated heterocycles. The SMILES string of the molecule is CCCC(NC(=O)c1cc(Cl)cn1CCC)C(=O)O. The van der Waals surface area contributed by atoms with E-state index in [1.807, 2.05) is 13.8 Å². The van der Waals surface area contributed by atoms with Crippen LogP contribution in [0.25, 0.3) is 0 Å². The first-order chi connectivity index (χ1) is 8.99. The molecule has 0 radical (unpaired) electrons. The summed E-state index contributed by atoms with van der Waals surface area (Å²) >= 11 is 5.89. The predicted molar refractivity (Wildman–Crippen MR) is 73.5 cm³/mol. The maximum Gasteiger partial charge on any atom is 0.326 e. The molecule has 0 bridgehead atoms. The number of hydrogen-bond donors (Lipinski definition) is 2. The number of amides is 1. The van der Waals surface area contributed by atoms with Gasteiger partial charge in [0.1, 0.15) is 11.7 Å². The highest BCUT2D eigenvalue weighted by atomic mass is 35.5. The molecule has 1 aromatic rings. The Kier molecular flexibility index (Phi) is 5.89. The fraction of sp³-hybridized carbons (Fsp3) is 0.538. The Bertz CT molecular complexity index is 457. The van der Waals surface area contributed by atoms with E-state index in [0.717, 1.165) is 6.42 Å². The lowest BCUT2D eigenvalue weighted by molar-refractivity contribution is -0.139. The summed E-state index contributed by atoms with van der Waals surface area (Å²) in [5.74, 6) is -1.42. The molecule has 1 rings (SSSR count). The number of carbonyl (C=O) groups excluding carboxylic acids is 1. The van der Waals surface area contributed by atoms with E-state index in [-0.39, 0.29) is 0 Å². The standard InChI is InChI=1S/C13H19ClN2O3/c1-3-5-10(13(18)19)15-12(17)11-7-9(14)8-16(11)6-4-2/h7-8,10H,3-6H2,1-2H3,(H,15,17)(H,18,19). The molecule has 1 heterocycles. The molecule has 106 valence electrons. The van der Waals surface area contributed by atoms with Gasteiger partial charge in [0.25, 0.3) is 5.91 Å². The van der Waals surface area contributed by atoms with Crippen LogP contribution in [0.2, 0.25) is 5.02 Å². The van der Waals surface area contributed by atoms with Crippen molar-refractivity contribution >= 4 is 23.5 Å². The van der Waals surface area contributed by atoms with Crippen LogP contribution < -0.4 is 5.32 Å². The lowest BCUT2D eigenvalue weighted by Crippen LogP contribution is -2.41. The van der Waals surface area contributed by atoms with Crippen molar-refractivity contribution in [1.29, 1.82) is 0 Å². The van der Waals surface area contributed by atoms with Crippen LogP contribution in [0.1, 0.15) is 43.6 Å². The van der Waals surface area contributed by atoms with E-state index in [1.165, 1.54) is 0 Å². The van der Waals surface area contributed by atoms with E-state index in [2.05, 4.69) is 5.32 Å². The average molecular weight is 287 g/mol. The monoisotopic (exact) mass is 286 g/mol. The Morgan fingerprint density at radius 3 is 2.63 bits per heavy atom. The predicted octanol–water partition coefficient (Wildman–Crippen LogP) is 2.53. The molecule has 1 atom stereocenters. The van der Waals surface area contributed by atoms with Crippen LogP contribution in [-0.4, -0.2) is 27.6 Å². The van der Waals surface area contributed by atoms with Gasteiger partial charge in [-0.2, -0.15) is 0 Å². The van der Waals surface area contributed by atoms with E-state index < -0.39 is 17.9 Å². The first-order valence-electron chi connectivity index (χ1n) is 6.38. The van der Waals surface area contributed by atoms with Crippen molar-refractivity contribution in [2.24, 2.45) is 0 Å². The van der Waals surface area contributed by atoms with Crippen molar-refractivity contribution in [2.75, 3.05) is 0 Å². The van der Waals surface area contributed by atoms with Gasteiger partial charge < -0.3 is 15.0 Å². The molecule has 0 aromatic carbocycles. The minimum atomic E-state index is -1.02. The Hall–Kier alpha value is -1.49. The van der Waals surface area contributed by atoms with Gasteiger partial charge in [0.15, 0.2) is 0 Å². The fourth-order valence-corrected chi connectivity index (χ4v) is 2.09. The van der Waals surface area contributed by atoms with E-state index in [9.17, 15) is 9.59 Å². The van der Waals surface area contributed by atoms with Crippen molar-refractivity contribution in [3.05, 3.63) is 23.0 Å². The van der Waals surface area contributed by atoms with Gasteiger partial charge in [-0.15, -0.1) is 0 Å². The Morgan fingerprint density at radius 1 is 1.42 bits per heavy atom. The molecule has 19 heavy (non-hydrogen) atoms. The third-order valence-corrected chi connectivity index (χ3v) is 2.95. The van der Waals surface area contributed by atoms with Crippen molar-refractivity contribution in [2.45, 2.75) is 45.7 Å². The highest BCUT2D eigenvalue weighted by molar-refractivity contribution is 6.31. The molecule has 0 aliphatic rings. The molecular formula is C13H19ClN2O3. The van der Waals surface area contributed by atoms with Crippen LogP contribution in [0.3, 0.4) is 0 Å². The first-order valence-corrected chi connectivity index (χ1v) is 6.76. The number of rotatable bonds is 7. The quantitative estimate of drug-likeness (QED) is 0.809. The minimum absolute atomic E-state index is 0.397. The first kappa shape index (κ1) is 15.6.